The Morgan fingerprint density at radius 3 is 2.50 bits per heavy atom. The number of nitrogens with zero attached hydrogens (tertiary/aromatic N) is 1. The summed E-state index contributed by atoms with van der Waals surface area (Å²) in [6, 6.07) is 4.93. The van der Waals surface area contributed by atoms with Crippen molar-refractivity contribution in [3.8, 4) is 11.5 Å². The number of carbonyl (C=O) groups excluding carboxylic acids is 1. The third-order valence-corrected chi connectivity index (χ3v) is 3.26. The molecular weight excluding hydrogens is 262 g/mol. The van der Waals surface area contributed by atoms with E-state index in [0.29, 0.717) is 23.7 Å². The smallest absolute Gasteiger partial charge is 0.254 e. The van der Waals surface area contributed by atoms with Crippen LogP contribution in [0, 0.1) is 0 Å². The molecule has 1 aromatic rings. The second-order valence-electron chi connectivity index (χ2n) is 4.64. The predicted molar refractivity (Wildman–Crippen MR) is 72.1 cm³/mol. The number of hydrogen-bond donors (Lipinski definition) is 2. The molecular formula is C14H19NO5. The van der Waals surface area contributed by atoms with Crippen LogP contribution >= 0.6 is 0 Å². The minimum atomic E-state index is -0.886. The summed E-state index contributed by atoms with van der Waals surface area (Å²) in [6.45, 7) is 2.64. The second-order valence-corrected chi connectivity index (χ2v) is 4.64. The number of rotatable bonds is 4. The summed E-state index contributed by atoms with van der Waals surface area (Å²) in [6.07, 6.45) is -1.77. The lowest BCUT2D eigenvalue weighted by molar-refractivity contribution is 0.0572. The molecule has 1 saturated heterocycles. The Kier molecular flexibility index (Phi) is 4.46. The molecule has 1 heterocycles. The quantitative estimate of drug-likeness (QED) is 0.828. The van der Waals surface area contributed by atoms with Gasteiger partial charge in [0.2, 0.25) is 0 Å². The highest BCUT2D eigenvalue weighted by atomic mass is 16.5. The fourth-order valence-electron chi connectivity index (χ4n) is 2.19. The molecule has 1 aromatic carbocycles. The normalized spacial score (nSPS) is 21.9. The van der Waals surface area contributed by atoms with Crippen LogP contribution in [-0.4, -0.2) is 60.0 Å². The van der Waals surface area contributed by atoms with Crippen LogP contribution < -0.4 is 9.47 Å². The number of hydrogen-bond acceptors (Lipinski definition) is 5. The van der Waals surface area contributed by atoms with Crippen molar-refractivity contribution in [1.82, 2.24) is 4.90 Å². The maximum Gasteiger partial charge on any atom is 0.254 e. The van der Waals surface area contributed by atoms with Crippen molar-refractivity contribution in [2.75, 3.05) is 26.8 Å². The number of aliphatic hydroxyl groups excluding tert-OH is 2. The Hall–Kier alpha value is -1.79. The number of amides is 1. The molecule has 1 aliphatic heterocycles. The molecule has 2 atom stereocenters. The molecule has 110 valence electrons. The second kappa shape index (κ2) is 6.11. The van der Waals surface area contributed by atoms with E-state index in [4.69, 9.17) is 9.47 Å². The van der Waals surface area contributed by atoms with E-state index < -0.39 is 12.2 Å². The van der Waals surface area contributed by atoms with E-state index in [1.165, 1.54) is 12.0 Å². The number of β-amino-alcohol motifs (C(OH)–C–C–N with tert-alkyl or cyclic N) is 2. The van der Waals surface area contributed by atoms with Gasteiger partial charge in [-0.15, -0.1) is 0 Å². The van der Waals surface area contributed by atoms with Crippen LogP contribution in [0.15, 0.2) is 18.2 Å². The highest BCUT2D eigenvalue weighted by Gasteiger charge is 2.33. The van der Waals surface area contributed by atoms with Crippen molar-refractivity contribution in [2.24, 2.45) is 0 Å². The van der Waals surface area contributed by atoms with Crippen molar-refractivity contribution in [3.05, 3.63) is 23.8 Å². The molecule has 6 heteroatoms. The van der Waals surface area contributed by atoms with Crippen LogP contribution in [0.4, 0.5) is 0 Å². The van der Waals surface area contributed by atoms with E-state index >= 15 is 0 Å². The van der Waals surface area contributed by atoms with E-state index in [2.05, 4.69) is 0 Å². The average Bonchev–Trinajstić information content (AvgIpc) is 2.78. The first-order chi connectivity index (χ1) is 9.56. The predicted octanol–water partition coefficient (Wildman–Crippen LogP) is 0.271. The molecule has 1 aliphatic rings. The molecule has 1 fully saturated rings. The first-order valence-electron chi connectivity index (χ1n) is 6.53. The third-order valence-electron chi connectivity index (χ3n) is 3.26. The Bertz CT molecular complexity index is 480. The number of carbonyl (C=O) groups is 1. The number of aliphatic hydroxyl groups is 2. The van der Waals surface area contributed by atoms with Crippen LogP contribution in [0.25, 0.3) is 0 Å². The van der Waals surface area contributed by atoms with Crippen molar-refractivity contribution in [2.45, 2.75) is 19.1 Å². The highest BCUT2D eigenvalue weighted by Crippen LogP contribution is 2.29. The maximum absolute atomic E-state index is 12.3. The monoisotopic (exact) mass is 281 g/mol. The average molecular weight is 281 g/mol. The Labute approximate surface area is 117 Å². The lowest BCUT2D eigenvalue weighted by Crippen LogP contribution is -2.29. The lowest BCUT2D eigenvalue weighted by atomic mass is 10.1. The molecule has 0 radical (unpaired) electrons. The minimum absolute atomic E-state index is 0.134. The van der Waals surface area contributed by atoms with Gasteiger partial charge in [0.15, 0.2) is 11.5 Å². The molecule has 0 spiro atoms. The Balaban J connectivity index is 2.18. The van der Waals surface area contributed by atoms with Crippen molar-refractivity contribution < 1.29 is 24.5 Å². The van der Waals surface area contributed by atoms with Crippen molar-refractivity contribution in [3.63, 3.8) is 0 Å². The number of ether oxygens (including phenoxy) is 2. The minimum Gasteiger partial charge on any atom is -0.493 e. The molecule has 0 unspecified atom stereocenters. The van der Waals surface area contributed by atoms with E-state index in [1.807, 2.05) is 6.92 Å². The van der Waals surface area contributed by atoms with Gasteiger partial charge in [-0.25, -0.2) is 0 Å². The third kappa shape index (κ3) is 2.86. The number of methoxy groups -OCH3 is 1. The van der Waals surface area contributed by atoms with Crippen LogP contribution in [0.5, 0.6) is 11.5 Å². The van der Waals surface area contributed by atoms with Gasteiger partial charge in [-0.2, -0.15) is 0 Å². The van der Waals surface area contributed by atoms with Crippen LogP contribution in [0.3, 0.4) is 0 Å². The van der Waals surface area contributed by atoms with E-state index in [1.54, 1.807) is 18.2 Å². The summed E-state index contributed by atoms with van der Waals surface area (Å²) in [7, 11) is 1.51. The Morgan fingerprint density at radius 1 is 1.30 bits per heavy atom. The zero-order valence-electron chi connectivity index (χ0n) is 11.6. The molecule has 0 bridgehead atoms. The molecule has 0 aliphatic carbocycles. The summed E-state index contributed by atoms with van der Waals surface area (Å²) < 4.78 is 10.6. The molecule has 1 amide bonds. The van der Waals surface area contributed by atoms with Gasteiger partial charge in [0.25, 0.3) is 5.91 Å². The first kappa shape index (κ1) is 14.6. The van der Waals surface area contributed by atoms with Gasteiger partial charge in [-0.05, 0) is 25.1 Å². The van der Waals surface area contributed by atoms with Crippen molar-refractivity contribution in [1.29, 1.82) is 0 Å². The highest BCUT2D eigenvalue weighted by molar-refractivity contribution is 5.95. The summed E-state index contributed by atoms with van der Waals surface area (Å²) >= 11 is 0. The number of likely N-dealkylation sites (tertiary alicyclic amines) is 1. The summed E-state index contributed by atoms with van der Waals surface area (Å²) in [5, 5.41) is 19.0. The Morgan fingerprint density at radius 2 is 1.95 bits per heavy atom. The zero-order chi connectivity index (χ0) is 14.7. The topological polar surface area (TPSA) is 79.2 Å². The van der Waals surface area contributed by atoms with Gasteiger partial charge < -0.3 is 24.6 Å². The van der Waals surface area contributed by atoms with Gasteiger partial charge in [-0.3, -0.25) is 4.79 Å². The molecule has 0 saturated carbocycles. The molecule has 2 rings (SSSR count). The van der Waals surface area contributed by atoms with Gasteiger partial charge >= 0.3 is 0 Å². The van der Waals surface area contributed by atoms with Crippen LogP contribution in [0.1, 0.15) is 17.3 Å². The van der Waals surface area contributed by atoms with Crippen LogP contribution in [0.2, 0.25) is 0 Å². The fraction of sp³-hybridized carbons (Fsp3) is 0.500. The first-order valence-corrected chi connectivity index (χ1v) is 6.53. The van der Waals surface area contributed by atoms with E-state index in [-0.39, 0.29) is 19.0 Å². The van der Waals surface area contributed by atoms with Crippen LogP contribution in [-0.2, 0) is 0 Å². The number of benzene rings is 1. The van der Waals surface area contributed by atoms with E-state index in [9.17, 15) is 15.0 Å². The largest absolute Gasteiger partial charge is 0.493 e. The molecule has 6 nitrogen and oxygen atoms in total. The van der Waals surface area contributed by atoms with Gasteiger partial charge in [0.1, 0.15) is 0 Å². The molecule has 0 aromatic heterocycles. The van der Waals surface area contributed by atoms with Gasteiger partial charge in [-0.1, -0.05) is 0 Å². The fourth-order valence-corrected chi connectivity index (χ4v) is 2.19. The summed E-state index contributed by atoms with van der Waals surface area (Å²) in [4.78, 5) is 13.7. The molecule has 2 N–H and O–H groups in total. The van der Waals surface area contributed by atoms with Gasteiger partial charge in [0.05, 0.1) is 25.9 Å². The molecule has 20 heavy (non-hydrogen) atoms. The standard InChI is InChI=1S/C14H19NO5/c1-3-20-12-5-4-9(6-13(12)19-2)14(18)15-7-10(16)11(17)8-15/h4-6,10-11,16-17H,3,7-8H2,1-2H3/t10-,11+. The SMILES string of the molecule is CCOc1ccc(C(=O)N2C[C@@H](O)[C@@H](O)C2)cc1OC. The lowest BCUT2D eigenvalue weighted by Gasteiger charge is -2.16. The van der Waals surface area contributed by atoms with Crippen molar-refractivity contribution >= 4 is 5.91 Å². The van der Waals surface area contributed by atoms with E-state index in [0.717, 1.165) is 0 Å². The summed E-state index contributed by atoms with van der Waals surface area (Å²) in [5.41, 5.74) is 0.437. The zero-order valence-corrected chi connectivity index (χ0v) is 11.6. The summed E-state index contributed by atoms with van der Waals surface area (Å²) in [5.74, 6) is 0.813. The maximum atomic E-state index is 12.3. The van der Waals surface area contributed by atoms with Gasteiger partial charge in [0, 0.05) is 18.7 Å².